The fourth-order valence-corrected chi connectivity index (χ4v) is 6.53. The van der Waals surface area contributed by atoms with Crippen molar-refractivity contribution in [2.45, 2.75) is 43.0 Å². The average Bonchev–Trinajstić information content (AvgIpc) is 3.52. The largest absolute Gasteiger partial charge is 0.489 e. The number of hydrogen-bond donors (Lipinski definition) is 1. The summed E-state index contributed by atoms with van der Waals surface area (Å²) in [5.74, 6) is -0.0530. The maximum atomic E-state index is 13.5. The molecule has 8 heteroatoms. The minimum atomic E-state index is -1.30. The zero-order valence-corrected chi connectivity index (χ0v) is 19.6. The van der Waals surface area contributed by atoms with Crippen molar-refractivity contribution in [3.63, 3.8) is 0 Å². The van der Waals surface area contributed by atoms with Gasteiger partial charge in [-0.1, -0.05) is 60.1 Å². The number of carbonyl (C=O) groups excluding carboxylic acids is 1. The Bertz CT molecular complexity index is 1310. The molecule has 3 aromatic rings. The predicted molar refractivity (Wildman–Crippen MR) is 132 cm³/mol. The lowest BCUT2D eigenvalue weighted by Crippen LogP contribution is -2.55. The second kappa shape index (κ2) is 8.36. The van der Waals surface area contributed by atoms with Gasteiger partial charge in [0.25, 0.3) is 11.9 Å². The van der Waals surface area contributed by atoms with E-state index in [4.69, 9.17) is 16.3 Å². The van der Waals surface area contributed by atoms with E-state index < -0.39 is 17.5 Å². The van der Waals surface area contributed by atoms with Crippen LogP contribution < -0.4 is 10.1 Å². The zero-order chi connectivity index (χ0) is 24.2. The number of hydrogen-bond acceptors (Lipinski definition) is 5. The van der Waals surface area contributed by atoms with E-state index in [1.165, 1.54) is 0 Å². The molecule has 0 aromatic heterocycles. The van der Waals surface area contributed by atoms with E-state index in [-0.39, 0.29) is 16.9 Å². The van der Waals surface area contributed by atoms with E-state index in [9.17, 15) is 14.9 Å². The highest BCUT2D eigenvalue weighted by Gasteiger charge is 2.73. The third-order valence-corrected chi connectivity index (χ3v) is 8.08. The molecule has 0 saturated carbocycles. The Morgan fingerprint density at radius 1 is 1.09 bits per heavy atom. The van der Waals surface area contributed by atoms with Crippen molar-refractivity contribution >= 4 is 23.2 Å². The number of rotatable bonds is 5. The summed E-state index contributed by atoms with van der Waals surface area (Å²) in [6, 6.07) is 21.2. The van der Waals surface area contributed by atoms with Gasteiger partial charge in [-0.25, -0.2) is 0 Å². The number of halogens is 1. The number of carbonyl (C=O) groups is 1. The second-order valence-corrected chi connectivity index (χ2v) is 9.78. The van der Waals surface area contributed by atoms with E-state index >= 15 is 0 Å². The van der Waals surface area contributed by atoms with Gasteiger partial charge in [0.2, 0.25) is 0 Å². The Morgan fingerprint density at radius 2 is 1.83 bits per heavy atom. The highest BCUT2D eigenvalue weighted by atomic mass is 35.5. The third-order valence-electron chi connectivity index (χ3n) is 7.71. The number of nitrogens with zero attached hydrogens (tertiary/aromatic N) is 2. The van der Waals surface area contributed by atoms with Crippen LogP contribution in [0, 0.1) is 10.1 Å². The van der Waals surface area contributed by atoms with Gasteiger partial charge in [0.05, 0.1) is 5.92 Å². The van der Waals surface area contributed by atoms with Crippen molar-refractivity contribution < 1.29 is 14.5 Å². The number of nitrogens with one attached hydrogen (secondary N) is 1. The van der Waals surface area contributed by atoms with Crippen LogP contribution in [0.5, 0.6) is 5.75 Å². The molecule has 3 aromatic carbocycles. The molecular formula is C27H24ClN3O4. The topological polar surface area (TPSA) is 84.7 Å². The summed E-state index contributed by atoms with van der Waals surface area (Å²) in [4.78, 5) is 28.0. The van der Waals surface area contributed by atoms with Crippen molar-refractivity contribution in [1.82, 2.24) is 4.90 Å². The van der Waals surface area contributed by atoms with Crippen LogP contribution in [-0.2, 0) is 16.9 Å². The van der Waals surface area contributed by atoms with Gasteiger partial charge >= 0.3 is 0 Å². The number of para-hydroxylation sites is 1. The normalized spacial score (nSPS) is 27.0. The Morgan fingerprint density at radius 3 is 2.60 bits per heavy atom. The van der Waals surface area contributed by atoms with Crippen LogP contribution in [0.1, 0.15) is 35.4 Å². The van der Waals surface area contributed by atoms with Crippen LogP contribution >= 0.6 is 11.6 Å². The molecular weight excluding hydrogens is 466 g/mol. The van der Waals surface area contributed by atoms with Crippen molar-refractivity contribution in [3.8, 4) is 5.75 Å². The minimum Gasteiger partial charge on any atom is -0.489 e. The second-order valence-electron chi connectivity index (χ2n) is 9.37. The lowest BCUT2D eigenvalue weighted by Gasteiger charge is -2.32. The molecule has 4 atom stereocenters. The smallest absolute Gasteiger partial charge is 0.256 e. The van der Waals surface area contributed by atoms with Crippen LogP contribution in [0.15, 0.2) is 72.8 Å². The quantitative estimate of drug-likeness (QED) is 0.404. The molecule has 7 nitrogen and oxygen atoms in total. The monoisotopic (exact) mass is 489 g/mol. The van der Waals surface area contributed by atoms with Gasteiger partial charge in [-0.3, -0.25) is 19.8 Å². The van der Waals surface area contributed by atoms with Crippen LogP contribution in [0.2, 0.25) is 5.02 Å². The molecule has 3 aliphatic rings. The summed E-state index contributed by atoms with van der Waals surface area (Å²) < 4.78 is 5.92. The van der Waals surface area contributed by atoms with Crippen molar-refractivity contribution in [2.75, 3.05) is 11.9 Å². The van der Waals surface area contributed by atoms with E-state index in [1.54, 1.807) is 0 Å². The van der Waals surface area contributed by atoms with Gasteiger partial charge in [0, 0.05) is 39.3 Å². The van der Waals surface area contributed by atoms with Gasteiger partial charge in [-0.2, -0.15) is 0 Å². The Balaban J connectivity index is 1.35. The van der Waals surface area contributed by atoms with Crippen LogP contribution in [0.3, 0.4) is 0 Å². The highest BCUT2D eigenvalue weighted by molar-refractivity contribution is 6.31. The number of benzene rings is 3. The molecule has 0 aliphatic carbocycles. The Kier molecular flexibility index (Phi) is 5.27. The fourth-order valence-electron chi connectivity index (χ4n) is 6.34. The molecule has 2 saturated heterocycles. The first kappa shape index (κ1) is 22.1. The van der Waals surface area contributed by atoms with E-state index in [0.717, 1.165) is 24.0 Å². The summed E-state index contributed by atoms with van der Waals surface area (Å²) in [7, 11) is 0. The van der Waals surface area contributed by atoms with Gasteiger partial charge in [-0.15, -0.1) is 0 Å². The van der Waals surface area contributed by atoms with Crippen molar-refractivity contribution in [2.24, 2.45) is 0 Å². The van der Waals surface area contributed by atoms with Crippen LogP contribution in [0.25, 0.3) is 0 Å². The molecule has 3 aliphatic heterocycles. The lowest BCUT2D eigenvalue weighted by atomic mass is 9.77. The Hall–Kier alpha value is -3.42. The summed E-state index contributed by atoms with van der Waals surface area (Å²) in [6.07, 6.45) is 1.72. The molecule has 6 rings (SSSR count). The maximum absolute atomic E-state index is 13.5. The first-order valence-corrected chi connectivity index (χ1v) is 12.2. The van der Waals surface area contributed by atoms with Gasteiger partial charge in [-0.05, 0) is 42.7 Å². The first-order chi connectivity index (χ1) is 17.0. The molecule has 0 bridgehead atoms. The predicted octanol–water partition coefficient (Wildman–Crippen LogP) is 4.97. The summed E-state index contributed by atoms with van der Waals surface area (Å²) >= 11 is 6.22. The molecule has 3 heterocycles. The zero-order valence-electron chi connectivity index (χ0n) is 18.9. The summed E-state index contributed by atoms with van der Waals surface area (Å²) in [5, 5.41) is 16.2. The average molecular weight is 490 g/mol. The standard InChI is InChI=1S/C27H24ClN3O4/c28-21-8-3-1-6-18(21)16-35-19-13-11-17(12-14-19)24-23-10-5-15-30(23)27(25(24)31(33)34)20-7-2-4-9-22(20)29-26(27)32/h1-4,6-9,11-14,23-25H,5,10,15-16H2,(H,29,32)/t23-,24+,25-,27+/m1/s1. The molecule has 35 heavy (non-hydrogen) atoms. The molecule has 1 amide bonds. The van der Waals surface area contributed by atoms with Gasteiger partial charge in [0.1, 0.15) is 12.4 Å². The highest BCUT2D eigenvalue weighted by Crippen LogP contribution is 2.58. The van der Waals surface area contributed by atoms with Crippen LogP contribution in [-0.4, -0.2) is 34.4 Å². The number of ether oxygens (including phenoxy) is 1. The van der Waals surface area contributed by atoms with E-state index in [0.29, 0.717) is 35.2 Å². The number of fused-ring (bicyclic) bond motifs is 4. The third kappa shape index (κ3) is 3.26. The fraction of sp³-hybridized carbons (Fsp3) is 0.296. The number of nitro groups is 1. The number of amides is 1. The van der Waals surface area contributed by atoms with E-state index in [2.05, 4.69) is 10.2 Å². The molecule has 1 spiro atoms. The summed E-state index contributed by atoms with van der Waals surface area (Å²) in [6.45, 7) is 0.989. The van der Waals surface area contributed by atoms with Gasteiger partial charge in [0.15, 0.2) is 5.54 Å². The molecule has 0 unspecified atom stereocenters. The van der Waals surface area contributed by atoms with E-state index in [1.807, 2.05) is 72.8 Å². The van der Waals surface area contributed by atoms with Crippen molar-refractivity contribution in [1.29, 1.82) is 0 Å². The molecule has 2 fully saturated rings. The van der Waals surface area contributed by atoms with Crippen molar-refractivity contribution in [3.05, 3.63) is 105 Å². The summed E-state index contributed by atoms with van der Waals surface area (Å²) in [5.41, 5.74) is 1.81. The molecule has 178 valence electrons. The first-order valence-electron chi connectivity index (χ1n) is 11.8. The maximum Gasteiger partial charge on any atom is 0.256 e. The number of anilines is 1. The van der Waals surface area contributed by atoms with Crippen LogP contribution in [0.4, 0.5) is 5.69 Å². The molecule has 1 N–H and O–H groups in total. The molecule has 0 radical (unpaired) electrons. The lowest BCUT2D eigenvalue weighted by molar-refractivity contribution is -0.534. The SMILES string of the molecule is O=C1Nc2ccccc2[C@]12[C@H]([N+](=O)[O-])[C@@H](c1ccc(OCc3ccccc3Cl)cc1)[C@H]1CCCN12. The van der Waals surface area contributed by atoms with Gasteiger partial charge < -0.3 is 10.1 Å². The Labute approximate surface area is 207 Å². The minimum absolute atomic E-state index is 0.0859.